The molecule has 1 aliphatic carbocycles. The molecule has 33 heavy (non-hydrogen) atoms. The van der Waals surface area contributed by atoms with Gasteiger partial charge in [-0.2, -0.15) is 0 Å². The van der Waals surface area contributed by atoms with Crippen LogP contribution in [-0.2, 0) is 25.5 Å². The van der Waals surface area contributed by atoms with E-state index >= 15 is 0 Å². The van der Waals surface area contributed by atoms with Crippen molar-refractivity contribution in [2.45, 2.75) is 77.7 Å². The number of nitrogens with zero attached hydrogens (tertiary/aromatic N) is 1. The van der Waals surface area contributed by atoms with Crippen molar-refractivity contribution in [1.82, 2.24) is 10.6 Å². The number of carbonyl (C=O) groups excluding carboxylic acids is 2. The van der Waals surface area contributed by atoms with Gasteiger partial charge in [-0.25, -0.2) is 9.79 Å². The Morgan fingerprint density at radius 2 is 1.91 bits per heavy atom. The Morgan fingerprint density at radius 1 is 1.24 bits per heavy atom. The van der Waals surface area contributed by atoms with Crippen LogP contribution in [0.2, 0.25) is 0 Å². The highest BCUT2D eigenvalue weighted by Crippen LogP contribution is 2.26. The van der Waals surface area contributed by atoms with Crippen molar-refractivity contribution in [2.75, 3.05) is 0 Å². The predicted octanol–water partition coefficient (Wildman–Crippen LogP) is 1.83. The molecule has 0 bridgehead atoms. The van der Waals surface area contributed by atoms with Crippen molar-refractivity contribution in [3.05, 3.63) is 47.0 Å². The molecular weight excluding hydrogens is 424 g/mol. The third-order valence-electron chi connectivity index (χ3n) is 5.65. The minimum atomic E-state index is -1.09. The summed E-state index contributed by atoms with van der Waals surface area (Å²) in [5.74, 6) is -1.86. The van der Waals surface area contributed by atoms with E-state index in [1.165, 1.54) is 13.0 Å². The highest BCUT2D eigenvalue weighted by molar-refractivity contribution is 5.97. The maximum Gasteiger partial charge on any atom is 0.331 e. The summed E-state index contributed by atoms with van der Waals surface area (Å²) in [6.45, 7) is 7.24. The first-order valence-corrected chi connectivity index (χ1v) is 11.2. The topological polar surface area (TPSA) is 143 Å². The molecule has 9 heteroatoms. The lowest BCUT2D eigenvalue weighted by Crippen LogP contribution is -2.54. The second-order valence-corrected chi connectivity index (χ2v) is 8.20. The second kappa shape index (κ2) is 12.2. The number of aliphatic carboxylic acids is 1. The first-order valence-electron chi connectivity index (χ1n) is 11.2. The van der Waals surface area contributed by atoms with Crippen LogP contribution >= 0.6 is 0 Å². The molecule has 0 unspecified atom stereocenters. The zero-order valence-corrected chi connectivity index (χ0v) is 19.6. The SMILES string of the molecule is CCC(CC)O[C@@H]1C=C(C(=O)O)C[C@H](N=C(N)NC(=O)Cc2ccccc2C)[C@H]1NC(C)=O. The Bertz CT molecular complexity index is 923. The first kappa shape index (κ1) is 26.1. The number of benzene rings is 1. The van der Waals surface area contributed by atoms with Crippen LogP contribution in [0.3, 0.4) is 0 Å². The van der Waals surface area contributed by atoms with Crippen LogP contribution in [0.4, 0.5) is 0 Å². The number of carboxylic acid groups (broad SMARTS) is 1. The van der Waals surface area contributed by atoms with Crippen LogP contribution in [0.25, 0.3) is 0 Å². The minimum Gasteiger partial charge on any atom is -0.478 e. The average molecular weight is 459 g/mol. The molecule has 1 aromatic rings. The summed E-state index contributed by atoms with van der Waals surface area (Å²) in [5, 5.41) is 15.0. The second-order valence-electron chi connectivity index (χ2n) is 8.20. The van der Waals surface area contributed by atoms with Gasteiger partial charge in [-0.1, -0.05) is 38.1 Å². The van der Waals surface area contributed by atoms with Gasteiger partial charge < -0.3 is 20.9 Å². The molecule has 9 nitrogen and oxygen atoms in total. The standard InChI is InChI=1S/C24H34N4O5/c1-5-18(6-2)33-20-12-17(23(31)32)11-19(22(20)26-15(4)29)27-24(25)28-21(30)13-16-10-8-7-9-14(16)3/h7-10,12,18-20,22H,5-6,11,13H2,1-4H3,(H,26,29)(H,31,32)(H3,25,27,28,30)/t19-,20+,22+/m0/s1. The smallest absolute Gasteiger partial charge is 0.331 e. The van der Waals surface area contributed by atoms with Gasteiger partial charge in [-0.05, 0) is 37.0 Å². The van der Waals surface area contributed by atoms with E-state index in [1.54, 1.807) is 0 Å². The van der Waals surface area contributed by atoms with E-state index in [-0.39, 0.29) is 42.3 Å². The molecule has 0 aliphatic heterocycles. The summed E-state index contributed by atoms with van der Waals surface area (Å²) in [4.78, 5) is 40.5. The van der Waals surface area contributed by atoms with Gasteiger partial charge in [0, 0.05) is 18.9 Å². The Balaban J connectivity index is 2.25. The Labute approximate surface area is 194 Å². The lowest BCUT2D eigenvalue weighted by Gasteiger charge is -2.36. The molecule has 2 rings (SSSR count). The molecule has 2 amide bonds. The number of amides is 2. The fourth-order valence-electron chi connectivity index (χ4n) is 3.85. The number of rotatable bonds is 9. The number of nitrogens with one attached hydrogen (secondary N) is 2. The summed E-state index contributed by atoms with van der Waals surface area (Å²) in [5.41, 5.74) is 7.99. The Morgan fingerprint density at radius 3 is 2.48 bits per heavy atom. The van der Waals surface area contributed by atoms with E-state index in [9.17, 15) is 19.5 Å². The zero-order chi connectivity index (χ0) is 24.5. The summed E-state index contributed by atoms with van der Waals surface area (Å²) in [6, 6.07) is 6.18. The van der Waals surface area contributed by atoms with Crippen molar-refractivity contribution in [2.24, 2.45) is 10.7 Å². The molecule has 0 radical (unpaired) electrons. The Hall–Kier alpha value is -3.20. The molecule has 0 aromatic heterocycles. The minimum absolute atomic E-state index is 0.0391. The number of ether oxygens (including phenoxy) is 1. The van der Waals surface area contributed by atoms with Crippen LogP contribution in [0, 0.1) is 6.92 Å². The molecule has 0 saturated heterocycles. The normalized spacial score (nSPS) is 20.8. The van der Waals surface area contributed by atoms with E-state index in [4.69, 9.17) is 10.5 Å². The van der Waals surface area contributed by atoms with E-state index < -0.39 is 24.2 Å². The lowest BCUT2D eigenvalue weighted by atomic mass is 9.88. The van der Waals surface area contributed by atoms with E-state index in [0.29, 0.717) is 0 Å². The number of carbonyl (C=O) groups is 3. The van der Waals surface area contributed by atoms with Crippen molar-refractivity contribution in [3.8, 4) is 0 Å². The molecule has 1 aliphatic rings. The van der Waals surface area contributed by atoms with Gasteiger partial charge in [0.15, 0.2) is 5.96 Å². The molecule has 1 aromatic carbocycles. The molecule has 3 atom stereocenters. The first-order chi connectivity index (χ1) is 15.6. The van der Waals surface area contributed by atoms with Crippen molar-refractivity contribution >= 4 is 23.7 Å². The summed E-state index contributed by atoms with van der Waals surface area (Å²) >= 11 is 0. The van der Waals surface area contributed by atoms with Gasteiger partial charge in [0.05, 0.1) is 30.7 Å². The Kier molecular flexibility index (Phi) is 9.59. The van der Waals surface area contributed by atoms with Gasteiger partial charge in [0.1, 0.15) is 0 Å². The molecular formula is C24H34N4O5. The monoisotopic (exact) mass is 458 g/mol. The number of aryl methyl sites for hydroxylation is 1. The van der Waals surface area contributed by atoms with Gasteiger partial charge in [-0.3, -0.25) is 14.9 Å². The molecule has 5 N–H and O–H groups in total. The number of aliphatic imine (C=N–C) groups is 1. The number of nitrogens with two attached hydrogens (primary N) is 1. The fourth-order valence-corrected chi connectivity index (χ4v) is 3.85. The molecule has 180 valence electrons. The largest absolute Gasteiger partial charge is 0.478 e. The van der Waals surface area contributed by atoms with Crippen LogP contribution in [-0.4, -0.2) is 53.1 Å². The van der Waals surface area contributed by atoms with Crippen LogP contribution < -0.4 is 16.4 Å². The molecule has 0 fully saturated rings. The summed E-state index contributed by atoms with van der Waals surface area (Å²) < 4.78 is 6.12. The van der Waals surface area contributed by atoms with Crippen molar-refractivity contribution in [1.29, 1.82) is 0 Å². The van der Waals surface area contributed by atoms with Gasteiger partial charge in [0.2, 0.25) is 11.8 Å². The van der Waals surface area contributed by atoms with Crippen molar-refractivity contribution in [3.63, 3.8) is 0 Å². The van der Waals surface area contributed by atoms with Gasteiger partial charge >= 0.3 is 5.97 Å². The quantitative estimate of drug-likeness (QED) is 0.328. The number of hydrogen-bond donors (Lipinski definition) is 4. The number of hydrogen-bond acceptors (Lipinski definition) is 5. The lowest BCUT2D eigenvalue weighted by molar-refractivity contribution is -0.133. The molecule has 0 spiro atoms. The summed E-state index contributed by atoms with van der Waals surface area (Å²) in [6.07, 6.45) is 2.37. The van der Waals surface area contributed by atoms with E-state index in [2.05, 4.69) is 15.6 Å². The van der Waals surface area contributed by atoms with Gasteiger partial charge in [0.25, 0.3) is 0 Å². The number of guanidine groups is 1. The maximum absolute atomic E-state index is 12.5. The molecule has 0 heterocycles. The average Bonchev–Trinajstić information content (AvgIpc) is 2.74. The van der Waals surface area contributed by atoms with Gasteiger partial charge in [-0.15, -0.1) is 0 Å². The van der Waals surface area contributed by atoms with Crippen LogP contribution in [0.15, 0.2) is 40.9 Å². The third kappa shape index (κ3) is 7.71. The fraction of sp³-hybridized carbons (Fsp3) is 0.500. The summed E-state index contributed by atoms with van der Waals surface area (Å²) in [7, 11) is 0. The number of carboxylic acids is 1. The highest BCUT2D eigenvalue weighted by atomic mass is 16.5. The zero-order valence-electron chi connectivity index (χ0n) is 19.6. The maximum atomic E-state index is 12.5. The highest BCUT2D eigenvalue weighted by Gasteiger charge is 2.37. The third-order valence-corrected chi connectivity index (χ3v) is 5.65. The van der Waals surface area contributed by atoms with Crippen molar-refractivity contribution < 1.29 is 24.2 Å². The molecule has 0 saturated carbocycles. The predicted molar refractivity (Wildman–Crippen MR) is 126 cm³/mol. The van der Waals surface area contributed by atoms with E-state index in [0.717, 1.165) is 24.0 Å². The van der Waals surface area contributed by atoms with Crippen LogP contribution in [0.1, 0.15) is 51.2 Å². The van der Waals surface area contributed by atoms with Crippen LogP contribution in [0.5, 0.6) is 0 Å². The van der Waals surface area contributed by atoms with E-state index in [1.807, 2.05) is 45.0 Å².